The van der Waals surface area contributed by atoms with Crippen LogP contribution in [-0.2, 0) is 16.6 Å². The molecule has 2 aromatic rings. The van der Waals surface area contributed by atoms with Crippen LogP contribution in [0.4, 0.5) is 0 Å². The predicted octanol–water partition coefficient (Wildman–Crippen LogP) is 2.69. The van der Waals surface area contributed by atoms with E-state index in [1.807, 2.05) is 18.2 Å². The topological polar surface area (TPSA) is 68.3 Å². The molecule has 4 rings (SSSR count). The monoisotopic (exact) mass is 468 g/mol. The summed E-state index contributed by atoms with van der Waals surface area (Å²) in [5.74, 6) is 2.04. The van der Waals surface area contributed by atoms with Gasteiger partial charge in [0.1, 0.15) is 5.75 Å². The molecule has 2 aliphatic rings. The Balaban J connectivity index is 1.40. The molecule has 150 valence electrons. The molecule has 0 saturated carbocycles. The summed E-state index contributed by atoms with van der Waals surface area (Å²) < 4.78 is 44.2. The number of benzene rings is 2. The molecule has 0 atom stereocenters. The molecule has 9 heteroatoms. The van der Waals surface area contributed by atoms with Crippen molar-refractivity contribution >= 4 is 26.0 Å². The first-order valence-corrected chi connectivity index (χ1v) is 11.2. The Bertz CT molecular complexity index is 974. The number of ether oxygens (including phenoxy) is 3. The molecular weight excluding hydrogens is 448 g/mol. The van der Waals surface area contributed by atoms with Gasteiger partial charge in [-0.2, -0.15) is 4.31 Å². The summed E-state index contributed by atoms with van der Waals surface area (Å²) in [7, 11) is -2.03. The van der Waals surface area contributed by atoms with Crippen LogP contribution < -0.4 is 14.2 Å². The molecule has 0 spiro atoms. The van der Waals surface area contributed by atoms with Crippen LogP contribution in [0.2, 0.25) is 0 Å². The van der Waals surface area contributed by atoms with Gasteiger partial charge < -0.3 is 14.2 Å². The second-order valence-electron chi connectivity index (χ2n) is 6.66. The van der Waals surface area contributed by atoms with Gasteiger partial charge in [-0.15, -0.1) is 0 Å². The van der Waals surface area contributed by atoms with Gasteiger partial charge >= 0.3 is 0 Å². The molecule has 7 nitrogen and oxygen atoms in total. The molecule has 0 N–H and O–H groups in total. The molecule has 2 aromatic carbocycles. The molecule has 0 bridgehead atoms. The third-order valence-corrected chi connectivity index (χ3v) is 7.48. The molecule has 28 heavy (non-hydrogen) atoms. The minimum Gasteiger partial charge on any atom is -0.496 e. The zero-order valence-electron chi connectivity index (χ0n) is 15.4. The van der Waals surface area contributed by atoms with E-state index in [0.29, 0.717) is 31.9 Å². The third kappa shape index (κ3) is 3.84. The van der Waals surface area contributed by atoms with Gasteiger partial charge in [-0.05, 0) is 45.8 Å². The van der Waals surface area contributed by atoms with Crippen molar-refractivity contribution in [2.45, 2.75) is 11.4 Å². The summed E-state index contributed by atoms with van der Waals surface area (Å²) in [6.07, 6.45) is 0. The van der Waals surface area contributed by atoms with E-state index in [2.05, 4.69) is 20.8 Å². The van der Waals surface area contributed by atoms with Gasteiger partial charge in [-0.25, -0.2) is 8.42 Å². The Morgan fingerprint density at radius 3 is 2.54 bits per heavy atom. The number of nitrogens with zero attached hydrogens (tertiary/aromatic N) is 2. The van der Waals surface area contributed by atoms with E-state index in [1.165, 1.54) is 11.4 Å². The Morgan fingerprint density at radius 1 is 1.04 bits per heavy atom. The van der Waals surface area contributed by atoms with Crippen LogP contribution in [0, 0.1) is 0 Å². The summed E-state index contributed by atoms with van der Waals surface area (Å²) in [6.45, 7) is 3.24. The van der Waals surface area contributed by atoms with Crippen LogP contribution in [-0.4, -0.2) is 57.7 Å². The second kappa shape index (κ2) is 7.90. The van der Waals surface area contributed by atoms with Crippen molar-refractivity contribution in [3.63, 3.8) is 0 Å². The number of rotatable bonds is 5. The number of fused-ring (bicyclic) bond motifs is 1. The van der Waals surface area contributed by atoms with Gasteiger partial charge in [-0.3, -0.25) is 4.90 Å². The average Bonchev–Trinajstić information content (AvgIpc) is 3.16. The highest BCUT2D eigenvalue weighted by atomic mass is 79.9. The van der Waals surface area contributed by atoms with E-state index in [1.54, 1.807) is 18.2 Å². The Morgan fingerprint density at radius 2 is 1.79 bits per heavy atom. The van der Waals surface area contributed by atoms with E-state index in [9.17, 15) is 8.42 Å². The van der Waals surface area contributed by atoms with Crippen LogP contribution >= 0.6 is 15.9 Å². The number of halogens is 1. The average molecular weight is 469 g/mol. The summed E-state index contributed by atoms with van der Waals surface area (Å²) in [6, 6.07) is 10.8. The molecule has 0 radical (unpaired) electrons. The predicted molar refractivity (Wildman–Crippen MR) is 107 cm³/mol. The highest BCUT2D eigenvalue weighted by Crippen LogP contribution is 2.33. The molecule has 0 aromatic heterocycles. The summed E-state index contributed by atoms with van der Waals surface area (Å²) in [4.78, 5) is 2.49. The van der Waals surface area contributed by atoms with Crippen molar-refractivity contribution in [3.05, 3.63) is 46.4 Å². The minimum absolute atomic E-state index is 0.247. The van der Waals surface area contributed by atoms with Gasteiger partial charge in [0, 0.05) is 38.8 Å². The highest BCUT2D eigenvalue weighted by Gasteiger charge is 2.29. The van der Waals surface area contributed by atoms with Crippen LogP contribution in [0.25, 0.3) is 0 Å². The minimum atomic E-state index is -3.55. The van der Waals surface area contributed by atoms with Crippen LogP contribution in [0.1, 0.15) is 5.56 Å². The normalized spacial score (nSPS) is 17.6. The zero-order chi connectivity index (χ0) is 19.7. The second-order valence-corrected chi connectivity index (χ2v) is 9.46. The Hall–Kier alpha value is -1.81. The molecule has 0 unspecified atom stereocenters. The maximum atomic E-state index is 13.0. The van der Waals surface area contributed by atoms with E-state index >= 15 is 0 Å². The van der Waals surface area contributed by atoms with Crippen molar-refractivity contribution in [1.29, 1.82) is 0 Å². The largest absolute Gasteiger partial charge is 0.496 e. The Labute approximate surface area is 173 Å². The molecule has 2 heterocycles. The maximum Gasteiger partial charge on any atom is 0.243 e. The van der Waals surface area contributed by atoms with Crippen molar-refractivity contribution in [2.75, 3.05) is 40.1 Å². The summed E-state index contributed by atoms with van der Waals surface area (Å²) in [5, 5.41) is 0. The molecule has 2 aliphatic heterocycles. The van der Waals surface area contributed by atoms with Gasteiger partial charge in [0.05, 0.1) is 16.5 Å². The van der Waals surface area contributed by atoms with Crippen molar-refractivity contribution < 1.29 is 22.6 Å². The maximum absolute atomic E-state index is 13.0. The molecule has 0 aliphatic carbocycles. The first-order chi connectivity index (χ1) is 13.5. The quantitative estimate of drug-likeness (QED) is 0.671. The van der Waals surface area contributed by atoms with Crippen molar-refractivity contribution in [3.8, 4) is 17.2 Å². The van der Waals surface area contributed by atoms with E-state index in [0.717, 1.165) is 28.1 Å². The smallest absolute Gasteiger partial charge is 0.243 e. The molecule has 1 fully saturated rings. The summed E-state index contributed by atoms with van der Waals surface area (Å²) >= 11 is 3.35. The van der Waals surface area contributed by atoms with Crippen LogP contribution in [0.15, 0.2) is 45.8 Å². The lowest BCUT2D eigenvalue weighted by Crippen LogP contribution is -2.48. The number of hydrogen-bond acceptors (Lipinski definition) is 6. The van der Waals surface area contributed by atoms with E-state index in [4.69, 9.17) is 14.2 Å². The Kier molecular flexibility index (Phi) is 5.50. The van der Waals surface area contributed by atoms with Crippen LogP contribution in [0.5, 0.6) is 17.2 Å². The standard InChI is InChI=1S/C19H21BrN2O5S/c1-25-18-11-15(3-4-16(18)20)28(23,24)22-8-6-21(7-9-22)12-14-2-5-17-19(10-14)27-13-26-17/h2-5,10-11H,6-9,12-13H2,1H3. The third-order valence-electron chi connectivity index (χ3n) is 4.93. The number of piperazine rings is 1. The SMILES string of the molecule is COc1cc(S(=O)(=O)N2CCN(Cc3ccc4c(c3)OCO4)CC2)ccc1Br. The molecule has 1 saturated heterocycles. The first-order valence-electron chi connectivity index (χ1n) is 8.92. The van der Waals surface area contributed by atoms with Gasteiger partial charge in [0.15, 0.2) is 11.5 Å². The van der Waals surface area contributed by atoms with Crippen molar-refractivity contribution in [1.82, 2.24) is 9.21 Å². The fourth-order valence-corrected chi connectivity index (χ4v) is 5.22. The number of sulfonamides is 1. The van der Waals surface area contributed by atoms with E-state index in [-0.39, 0.29) is 11.7 Å². The van der Waals surface area contributed by atoms with Gasteiger partial charge in [-0.1, -0.05) is 6.07 Å². The lowest BCUT2D eigenvalue weighted by atomic mass is 10.2. The van der Waals surface area contributed by atoms with E-state index < -0.39 is 10.0 Å². The van der Waals surface area contributed by atoms with Crippen molar-refractivity contribution in [2.24, 2.45) is 0 Å². The zero-order valence-corrected chi connectivity index (χ0v) is 17.8. The lowest BCUT2D eigenvalue weighted by molar-refractivity contribution is 0.173. The number of methoxy groups -OCH3 is 1. The van der Waals surface area contributed by atoms with Crippen LogP contribution in [0.3, 0.4) is 0 Å². The fourth-order valence-electron chi connectivity index (χ4n) is 3.38. The molecular formula is C19H21BrN2O5S. The highest BCUT2D eigenvalue weighted by molar-refractivity contribution is 9.10. The fraction of sp³-hybridized carbons (Fsp3) is 0.368. The van der Waals surface area contributed by atoms with Gasteiger partial charge in [0.2, 0.25) is 16.8 Å². The summed E-state index contributed by atoms with van der Waals surface area (Å²) in [5.41, 5.74) is 1.12. The lowest BCUT2D eigenvalue weighted by Gasteiger charge is -2.34. The van der Waals surface area contributed by atoms with Gasteiger partial charge in [0.25, 0.3) is 0 Å². The molecule has 0 amide bonds. The number of hydrogen-bond donors (Lipinski definition) is 0. The first kappa shape index (κ1) is 19.5.